The van der Waals surface area contributed by atoms with Gasteiger partial charge in [0.25, 0.3) is 0 Å². The zero-order chi connectivity index (χ0) is 11.0. The topological polar surface area (TPSA) is 26.3 Å². The molecule has 84 valence electrons. The maximum Gasteiger partial charge on any atom is 0.306 e. The number of carbonyl (C=O) groups excluding carboxylic acids is 1. The van der Waals surface area contributed by atoms with E-state index in [4.69, 9.17) is 4.74 Å². The zero-order valence-electron chi connectivity index (χ0n) is 10.0. The van der Waals surface area contributed by atoms with E-state index in [1.807, 2.05) is 13.8 Å². The maximum absolute atomic E-state index is 11.4. The molecule has 0 aliphatic heterocycles. The van der Waals surface area contributed by atoms with Gasteiger partial charge < -0.3 is 4.74 Å². The van der Waals surface area contributed by atoms with Crippen molar-refractivity contribution in [1.82, 2.24) is 0 Å². The minimum absolute atomic E-state index is 0.0389. The van der Waals surface area contributed by atoms with Gasteiger partial charge in [-0.1, -0.05) is 40.0 Å². The Morgan fingerprint density at radius 3 is 2.43 bits per heavy atom. The van der Waals surface area contributed by atoms with Gasteiger partial charge in [0.15, 0.2) is 0 Å². The molecule has 2 atom stereocenters. The minimum Gasteiger partial charge on any atom is -0.463 e. The van der Waals surface area contributed by atoms with Crippen LogP contribution in [0.3, 0.4) is 0 Å². The first-order chi connectivity index (χ1) is 6.60. The molecule has 0 radical (unpaired) electrons. The average molecular weight is 200 g/mol. The van der Waals surface area contributed by atoms with Crippen molar-refractivity contribution in [3.05, 3.63) is 0 Å². The molecule has 2 nitrogen and oxygen atoms in total. The fourth-order valence-corrected chi connectivity index (χ4v) is 1.30. The molecule has 0 unspecified atom stereocenters. The summed E-state index contributed by atoms with van der Waals surface area (Å²) >= 11 is 0. The summed E-state index contributed by atoms with van der Waals surface area (Å²) in [7, 11) is 0. The van der Waals surface area contributed by atoms with Crippen LogP contribution in [0.2, 0.25) is 0 Å². The highest BCUT2D eigenvalue weighted by Gasteiger charge is 2.11. The van der Waals surface area contributed by atoms with Crippen LogP contribution >= 0.6 is 0 Å². The number of esters is 1. The number of ether oxygens (including phenoxy) is 1. The van der Waals surface area contributed by atoms with E-state index in [1.165, 1.54) is 12.8 Å². The Labute approximate surface area is 88.0 Å². The van der Waals surface area contributed by atoms with E-state index in [0.29, 0.717) is 12.3 Å². The van der Waals surface area contributed by atoms with Gasteiger partial charge >= 0.3 is 5.97 Å². The van der Waals surface area contributed by atoms with Gasteiger partial charge in [0.1, 0.15) is 0 Å². The Hall–Kier alpha value is -0.530. The van der Waals surface area contributed by atoms with Gasteiger partial charge in [0.2, 0.25) is 0 Å². The number of carbonyl (C=O) groups is 1. The highest BCUT2D eigenvalue weighted by atomic mass is 16.5. The standard InChI is InChI=1S/C12H24O2/c1-5-7-8-10(3)9-12(13)14-11(4)6-2/h10-11H,5-9H2,1-4H3/t10-,11-/m1/s1. The Kier molecular flexibility index (Phi) is 7.54. The quantitative estimate of drug-likeness (QED) is 0.587. The van der Waals surface area contributed by atoms with E-state index in [9.17, 15) is 4.79 Å². The van der Waals surface area contributed by atoms with Crippen LogP contribution in [0, 0.1) is 5.92 Å². The molecule has 0 aromatic rings. The first-order valence-electron chi connectivity index (χ1n) is 5.79. The molecule has 0 aromatic carbocycles. The Bertz CT molecular complexity index is 154. The molecule has 0 aromatic heterocycles. The summed E-state index contributed by atoms with van der Waals surface area (Å²) in [5, 5.41) is 0. The summed E-state index contributed by atoms with van der Waals surface area (Å²) in [6, 6.07) is 0. The van der Waals surface area contributed by atoms with Gasteiger partial charge in [-0.25, -0.2) is 0 Å². The summed E-state index contributed by atoms with van der Waals surface area (Å²) in [5.74, 6) is 0.425. The number of hydrogen-bond donors (Lipinski definition) is 0. The lowest BCUT2D eigenvalue weighted by atomic mass is 10.0. The van der Waals surface area contributed by atoms with Crippen molar-refractivity contribution >= 4 is 5.97 Å². The van der Waals surface area contributed by atoms with Crippen molar-refractivity contribution in [3.8, 4) is 0 Å². The van der Waals surface area contributed by atoms with Gasteiger partial charge in [0.05, 0.1) is 6.10 Å². The van der Waals surface area contributed by atoms with E-state index in [-0.39, 0.29) is 12.1 Å². The van der Waals surface area contributed by atoms with Gasteiger partial charge in [0, 0.05) is 6.42 Å². The van der Waals surface area contributed by atoms with Crippen molar-refractivity contribution in [2.75, 3.05) is 0 Å². The average Bonchev–Trinajstić information content (AvgIpc) is 2.14. The van der Waals surface area contributed by atoms with E-state index < -0.39 is 0 Å². The molecular formula is C12H24O2. The second-order valence-corrected chi connectivity index (χ2v) is 4.16. The third-order valence-electron chi connectivity index (χ3n) is 2.47. The summed E-state index contributed by atoms with van der Waals surface area (Å²) < 4.78 is 5.21. The zero-order valence-corrected chi connectivity index (χ0v) is 10.0. The smallest absolute Gasteiger partial charge is 0.306 e. The molecule has 14 heavy (non-hydrogen) atoms. The van der Waals surface area contributed by atoms with E-state index in [2.05, 4.69) is 13.8 Å². The van der Waals surface area contributed by atoms with Crippen molar-refractivity contribution in [2.24, 2.45) is 5.92 Å². The number of hydrogen-bond acceptors (Lipinski definition) is 2. The molecule has 0 amide bonds. The SMILES string of the molecule is CCCC[C@@H](C)CC(=O)O[C@H](C)CC. The largest absolute Gasteiger partial charge is 0.463 e. The fraction of sp³-hybridized carbons (Fsp3) is 0.917. The van der Waals surface area contributed by atoms with Crippen LogP contribution in [-0.2, 0) is 9.53 Å². The maximum atomic E-state index is 11.4. The summed E-state index contributed by atoms with van der Waals surface area (Å²) in [6.07, 6.45) is 5.08. The van der Waals surface area contributed by atoms with E-state index >= 15 is 0 Å². The molecular weight excluding hydrogens is 176 g/mol. The lowest BCUT2D eigenvalue weighted by molar-refractivity contribution is -0.149. The normalized spacial score (nSPS) is 14.9. The van der Waals surface area contributed by atoms with Gasteiger partial charge in [-0.2, -0.15) is 0 Å². The molecule has 0 heterocycles. The number of rotatable bonds is 7. The second-order valence-electron chi connectivity index (χ2n) is 4.16. The summed E-state index contributed by atoms with van der Waals surface area (Å²) in [4.78, 5) is 11.4. The monoisotopic (exact) mass is 200 g/mol. The van der Waals surface area contributed by atoms with Gasteiger partial charge in [-0.3, -0.25) is 4.79 Å². The molecule has 0 saturated carbocycles. The summed E-state index contributed by atoms with van der Waals surface area (Å²) in [5.41, 5.74) is 0. The molecule has 0 N–H and O–H groups in total. The minimum atomic E-state index is -0.0389. The van der Waals surface area contributed by atoms with Crippen molar-refractivity contribution in [1.29, 1.82) is 0 Å². The van der Waals surface area contributed by atoms with E-state index in [0.717, 1.165) is 12.8 Å². The molecule has 0 spiro atoms. The molecule has 0 aliphatic carbocycles. The van der Waals surface area contributed by atoms with Gasteiger partial charge in [-0.15, -0.1) is 0 Å². The van der Waals surface area contributed by atoms with Crippen LogP contribution in [0.4, 0.5) is 0 Å². The predicted molar refractivity (Wildman–Crippen MR) is 59.2 cm³/mol. The second kappa shape index (κ2) is 7.84. The lowest BCUT2D eigenvalue weighted by Crippen LogP contribution is -2.16. The Morgan fingerprint density at radius 2 is 1.93 bits per heavy atom. The highest BCUT2D eigenvalue weighted by Crippen LogP contribution is 2.13. The molecule has 0 rings (SSSR count). The fourth-order valence-electron chi connectivity index (χ4n) is 1.30. The van der Waals surface area contributed by atoms with Crippen LogP contribution in [0.25, 0.3) is 0 Å². The molecule has 2 heteroatoms. The van der Waals surface area contributed by atoms with Crippen LogP contribution in [0.1, 0.15) is 59.8 Å². The van der Waals surface area contributed by atoms with Crippen LogP contribution in [-0.4, -0.2) is 12.1 Å². The number of unbranched alkanes of at least 4 members (excludes halogenated alkanes) is 1. The highest BCUT2D eigenvalue weighted by molar-refractivity contribution is 5.69. The van der Waals surface area contributed by atoms with Crippen LogP contribution in [0.5, 0.6) is 0 Å². The first-order valence-corrected chi connectivity index (χ1v) is 5.79. The predicted octanol–water partition coefficient (Wildman–Crippen LogP) is 3.54. The van der Waals surface area contributed by atoms with E-state index in [1.54, 1.807) is 0 Å². The Morgan fingerprint density at radius 1 is 1.29 bits per heavy atom. The first kappa shape index (κ1) is 13.5. The lowest BCUT2D eigenvalue weighted by Gasteiger charge is -2.13. The summed E-state index contributed by atoms with van der Waals surface area (Å²) in [6.45, 7) is 8.25. The van der Waals surface area contributed by atoms with Crippen LogP contribution in [0.15, 0.2) is 0 Å². The van der Waals surface area contributed by atoms with Crippen LogP contribution < -0.4 is 0 Å². The third-order valence-corrected chi connectivity index (χ3v) is 2.47. The molecule has 0 saturated heterocycles. The van der Waals surface area contributed by atoms with Crippen molar-refractivity contribution in [2.45, 2.75) is 65.9 Å². The Balaban J connectivity index is 3.60. The van der Waals surface area contributed by atoms with Gasteiger partial charge in [-0.05, 0) is 19.3 Å². The molecule has 0 fully saturated rings. The molecule has 0 aliphatic rings. The molecule has 0 bridgehead atoms. The third kappa shape index (κ3) is 6.93. The van der Waals surface area contributed by atoms with Crippen molar-refractivity contribution < 1.29 is 9.53 Å². The van der Waals surface area contributed by atoms with Crippen molar-refractivity contribution in [3.63, 3.8) is 0 Å².